The summed E-state index contributed by atoms with van der Waals surface area (Å²) in [7, 11) is 1.90. The summed E-state index contributed by atoms with van der Waals surface area (Å²) >= 11 is 0. The molecule has 0 unspecified atom stereocenters. The van der Waals surface area contributed by atoms with Gasteiger partial charge in [0.15, 0.2) is 5.78 Å². The highest BCUT2D eigenvalue weighted by molar-refractivity contribution is 6.01. The summed E-state index contributed by atoms with van der Waals surface area (Å²) < 4.78 is 1.91. The molecular formula is C16H18N2O2. The van der Waals surface area contributed by atoms with E-state index >= 15 is 0 Å². The molecule has 1 aromatic heterocycles. The maximum atomic E-state index is 12.7. The molecule has 0 N–H and O–H groups in total. The summed E-state index contributed by atoms with van der Waals surface area (Å²) in [5.74, 6) is 0.0380. The van der Waals surface area contributed by atoms with E-state index in [2.05, 4.69) is 0 Å². The Hall–Kier alpha value is -2.10. The number of fused-ring (bicyclic) bond motifs is 1. The number of aryl methyl sites for hydroxylation is 1. The summed E-state index contributed by atoms with van der Waals surface area (Å²) in [5.41, 5.74) is 1.69. The van der Waals surface area contributed by atoms with Crippen molar-refractivity contribution >= 4 is 22.6 Å². The van der Waals surface area contributed by atoms with Crippen LogP contribution in [-0.2, 0) is 11.8 Å². The molecule has 1 fully saturated rings. The van der Waals surface area contributed by atoms with Crippen LogP contribution in [0.1, 0.15) is 30.3 Å². The van der Waals surface area contributed by atoms with Crippen molar-refractivity contribution < 1.29 is 9.59 Å². The van der Waals surface area contributed by atoms with Gasteiger partial charge in [0.1, 0.15) is 5.69 Å². The van der Waals surface area contributed by atoms with E-state index in [1.165, 1.54) is 0 Å². The molecule has 0 spiro atoms. The van der Waals surface area contributed by atoms with Crippen molar-refractivity contribution in [3.63, 3.8) is 0 Å². The van der Waals surface area contributed by atoms with Crippen molar-refractivity contribution in [1.29, 1.82) is 0 Å². The van der Waals surface area contributed by atoms with E-state index in [0.717, 1.165) is 23.7 Å². The maximum absolute atomic E-state index is 12.7. The van der Waals surface area contributed by atoms with Crippen molar-refractivity contribution in [2.75, 3.05) is 6.54 Å². The van der Waals surface area contributed by atoms with Crippen LogP contribution in [0.25, 0.3) is 10.9 Å². The van der Waals surface area contributed by atoms with Gasteiger partial charge in [0, 0.05) is 24.5 Å². The molecule has 1 saturated heterocycles. The van der Waals surface area contributed by atoms with Gasteiger partial charge >= 0.3 is 0 Å². The van der Waals surface area contributed by atoms with Crippen molar-refractivity contribution in [3.05, 3.63) is 36.0 Å². The predicted molar refractivity (Wildman–Crippen MR) is 77.7 cm³/mol. The van der Waals surface area contributed by atoms with Crippen molar-refractivity contribution in [2.45, 2.75) is 25.8 Å². The molecule has 2 heterocycles. The van der Waals surface area contributed by atoms with Crippen molar-refractivity contribution in [2.24, 2.45) is 7.05 Å². The number of amides is 1. The number of likely N-dealkylation sites (tertiary alicyclic amines) is 1. The molecule has 0 saturated carbocycles. The van der Waals surface area contributed by atoms with Crippen LogP contribution in [0.2, 0.25) is 0 Å². The SMILES string of the molecule is CC(=O)[C@@H]1CCCN1C(=O)c1cc2ccccc2n1C. The highest BCUT2D eigenvalue weighted by atomic mass is 16.2. The minimum absolute atomic E-state index is 0.0404. The third-order valence-corrected chi connectivity index (χ3v) is 4.15. The lowest BCUT2D eigenvalue weighted by Gasteiger charge is -2.22. The quantitative estimate of drug-likeness (QED) is 0.840. The minimum atomic E-state index is -0.250. The van der Waals surface area contributed by atoms with Gasteiger partial charge in [-0.2, -0.15) is 0 Å². The van der Waals surface area contributed by atoms with Crippen LogP contribution < -0.4 is 0 Å². The molecule has 4 heteroatoms. The number of benzene rings is 1. The van der Waals surface area contributed by atoms with Crippen LogP contribution in [-0.4, -0.2) is 33.7 Å². The van der Waals surface area contributed by atoms with Crippen LogP contribution in [0.15, 0.2) is 30.3 Å². The average Bonchev–Trinajstić information content (AvgIpc) is 3.04. The van der Waals surface area contributed by atoms with Gasteiger partial charge in [0.05, 0.1) is 6.04 Å². The van der Waals surface area contributed by atoms with Gasteiger partial charge < -0.3 is 9.47 Å². The van der Waals surface area contributed by atoms with E-state index in [0.29, 0.717) is 12.2 Å². The lowest BCUT2D eigenvalue weighted by atomic mass is 10.1. The summed E-state index contributed by atoms with van der Waals surface area (Å²) in [6, 6.07) is 9.58. The Labute approximate surface area is 118 Å². The van der Waals surface area contributed by atoms with Gasteiger partial charge in [0.25, 0.3) is 5.91 Å². The second kappa shape index (κ2) is 4.78. The maximum Gasteiger partial charge on any atom is 0.271 e. The lowest BCUT2D eigenvalue weighted by molar-refractivity contribution is -0.120. The van der Waals surface area contributed by atoms with E-state index in [1.54, 1.807) is 11.8 Å². The first-order valence-electron chi connectivity index (χ1n) is 6.95. The third-order valence-electron chi connectivity index (χ3n) is 4.15. The number of nitrogens with zero attached hydrogens (tertiary/aromatic N) is 2. The Bertz CT molecular complexity index is 687. The summed E-state index contributed by atoms with van der Waals surface area (Å²) in [4.78, 5) is 26.1. The minimum Gasteiger partial charge on any atom is -0.340 e. The van der Waals surface area contributed by atoms with Gasteiger partial charge in [-0.05, 0) is 31.9 Å². The predicted octanol–water partition coefficient (Wildman–Crippen LogP) is 2.37. The van der Waals surface area contributed by atoms with Gasteiger partial charge in [-0.15, -0.1) is 0 Å². The molecule has 0 aliphatic carbocycles. The molecular weight excluding hydrogens is 252 g/mol. The highest BCUT2D eigenvalue weighted by Crippen LogP contribution is 2.24. The molecule has 4 nitrogen and oxygen atoms in total. The zero-order valence-corrected chi connectivity index (χ0v) is 11.8. The summed E-state index contributed by atoms with van der Waals surface area (Å²) in [6.07, 6.45) is 1.69. The first-order chi connectivity index (χ1) is 9.59. The van der Waals surface area contributed by atoms with Gasteiger partial charge in [-0.25, -0.2) is 0 Å². The first-order valence-corrected chi connectivity index (χ1v) is 6.95. The molecule has 1 aliphatic heterocycles. The molecule has 20 heavy (non-hydrogen) atoms. The normalized spacial score (nSPS) is 18.7. The average molecular weight is 270 g/mol. The Balaban J connectivity index is 2.00. The lowest BCUT2D eigenvalue weighted by Crippen LogP contribution is -2.40. The highest BCUT2D eigenvalue weighted by Gasteiger charge is 2.33. The molecule has 1 atom stereocenters. The van der Waals surface area contributed by atoms with E-state index < -0.39 is 0 Å². The van der Waals surface area contributed by atoms with Crippen LogP contribution >= 0.6 is 0 Å². The number of hydrogen-bond donors (Lipinski definition) is 0. The number of Topliss-reactive ketones (excluding diaryl/α,β-unsaturated/α-hetero) is 1. The monoisotopic (exact) mass is 270 g/mol. The molecule has 2 aromatic rings. The number of aromatic nitrogens is 1. The summed E-state index contributed by atoms with van der Waals surface area (Å²) in [5, 5.41) is 1.05. The standard InChI is InChI=1S/C16H18N2O2/c1-11(19)13-8-5-9-18(13)16(20)15-10-12-6-3-4-7-14(12)17(15)2/h3-4,6-7,10,13H,5,8-9H2,1-2H3/t13-/m0/s1. The second-order valence-corrected chi connectivity index (χ2v) is 5.41. The smallest absolute Gasteiger partial charge is 0.271 e. The number of ketones is 1. The largest absolute Gasteiger partial charge is 0.340 e. The Morgan fingerprint density at radius 3 is 2.70 bits per heavy atom. The number of hydrogen-bond acceptors (Lipinski definition) is 2. The van der Waals surface area contributed by atoms with Crippen molar-refractivity contribution in [1.82, 2.24) is 9.47 Å². The Kier molecular flexibility index (Phi) is 3.08. The summed E-state index contributed by atoms with van der Waals surface area (Å²) in [6.45, 7) is 2.24. The van der Waals surface area contributed by atoms with Crippen molar-refractivity contribution in [3.8, 4) is 0 Å². The van der Waals surface area contributed by atoms with Gasteiger partial charge in [-0.3, -0.25) is 9.59 Å². The zero-order chi connectivity index (χ0) is 14.3. The number of para-hydroxylation sites is 1. The van der Waals surface area contributed by atoms with E-state index in [-0.39, 0.29) is 17.7 Å². The topological polar surface area (TPSA) is 42.3 Å². The fraction of sp³-hybridized carbons (Fsp3) is 0.375. The van der Waals surface area contributed by atoms with Gasteiger partial charge in [0.2, 0.25) is 0 Å². The molecule has 104 valence electrons. The molecule has 1 amide bonds. The molecule has 3 rings (SSSR count). The number of carbonyl (C=O) groups excluding carboxylic acids is 2. The number of carbonyl (C=O) groups is 2. The van der Waals surface area contributed by atoms with Crippen LogP contribution in [0.5, 0.6) is 0 Å². The van der Waals surface area contributed by atoms with Crippen LogP contribution in [0.3, 0.4) is 0 Å². The molecule has 1 aromatic carbocycles. The fourth-order valence-electron chi connectivity index (χ4n) is 3.07. The fourth-order valence-corrected chi connectivity index (χ4v) is 3.07. The van der Waals surface area contributed by atoms with E-state index in [4.69, 9.17) is 0 Å². The van der Waals surface area contributed by atoms with Crippen LogP contribution in [0, 0.1) is 0 Å². The first kappa shape index (κ1) is 12.9. The van der Waals surface area contributed by atoms with Crippen LogP contribution in [0.4, 0.5) is 0 Å². The molecule has 0 bridgehead atoms. The number of rotatable bonds is 2. The van der Waals surface area contributed by atoms with Gasteiger partial charge in [-0.1, -0.05) is 18.2 Å². The van der Waals surface area contributed by atoms with E-state index in [1.807, 2.05) is 41.9 Å². The van der Waals surface area contributed by atoms with E-state index in [9.17, 15) is 9.59 Å². The zero-order valence-electron chi connectivity index (χ0n) is 11.8. The Morgan fingerprint density at radius 1 is 1.25 bits per heavy atom. The molecule has 1 aliphatic rings. The Morgan fingerprint density at radius 2 is 2.00 bits per heavy atom. The molecule has 0 radical (unpaired) electrons. The third kappa shape index (κ3) is 1.92. The second-order valence-electron chi connectivity index (χ2n) is 5.41.